The van der Waals surface area contributed by atoms with Gasteiger partial charge in [-0.3, -0.25) is 4.98 Å². The monoisotopic (exact) mass is 241 g/mol. The Bertz CT molecular complexity index is 583. The molecule has 3 heteroatoms. The third-order valence-electron chi connectivity index (χ3n) is 3.87. The molecule has 0 fully saturated rings. The summed E-state index contributed by atoms with van der Waals surface area (Å²) in [6, 6.07) is 6.57. The molecule has 94 valence electrons. The van der Waals surface area contributed by atoms with Crippen LogP contribution in [0.3, 0.4) is 0 Å². The van der Waals surface area contributed by atoms with Crippen molar-refractivity contribution in [2.45, 2.75) is 39.2 Å². The molecule has 18 heavy (non-hydrogen) atoms. The lowest BCUT2D eigenvalue weighted by molar-refractivity contribution is 0.559. The molecule has 1 unspecified atom stereocenters. The maximum Gasteiger partial charge on any atom is 0.0668 e. The van der Waals surface area contributed by atoms with Crippen LogP contribution in [-0.2, 0) is 6.42 Å². The van der Waals surface area contributed by atoms with Gasteiger partial charge in [0.2, 0.25) is 0 Å². The zero-order valence-corrected chi connectivity index (χ0v) is 11.0. The van der Waals surface area contributed by atoms with Gasteiger partial charge >= 0.3 is 0 Å². The largest absolute Gasteiger partial charge is 0.324 e. The molecule has 2 N–H and O–H groups in total. The van der Waals surface area contributed by atoms with Gasteiger partial charge in [0.15, 0.2) is 0 Å². The lowest BCUT2D eigenvalue weighted by Crippen LogP contribution is -2.18. The Balaban J connectivity index is 2.22. The molecule has 0 radical (unpaired) electrons. The maximum atomic E-state index is 6.22. The third-order valence-corrected chi connectivity index (χ3v) is 3.87. The molecular weight excluding hydrogens is 222 g/mol. The molecule has 0 aliphatic heterocycles. The normalized spacial score (nSPS) is 18.7. The summed E-state index contributed by atoms with van der Waals surface area (Å²) in [5.74, 6) is 0. The van der Waals surface area contributed by atoms with Gasteiger partial charge in [0.05, 0.1) is 11.4 Å². The number of fused-ring (bicyclic) bond motifs is 1. The zero-order valence-electron chi connectivity index (χ0n) is 11.0. The van der Waals surface area contributed by atoms with Crippen LogP contribution in [-0.4, -0.2) is 9.55 Å². The van der Waals surface area contributed by atoms with Crippen molar-refractivity contribution in [3.63, 3.8) is 0 Å². The minimum Gasteiger partial charge on any atom is -0.324 e. The number of pyridine rings is 1. The van der Waals surface area contributed by atoms with Crippen LogP contribution < -0.4 is 5.73 Å². The quantitative estimate of drug-likeness (QED) is 0.834. The summed E-state index contributed by atoms with van der Waals surface area (Å²) in [6.07, 6.45) is 5.24. The van der Waals surface area contributed by atoms with E-state index in [1.54, 1.807) is 0 Å². The average Bonchev–Trinajstić information content (AvgIpc) is 2.68. The number of nitrogens with zero attached hydrogens (tertiary/aromatic N) is 2. The Labute approximate surface area is 108 Å². The summed E-state index contributed by atoms with van der Waals surface area (Å²) in [5, 5.41) is 0. The predicted molar refractivity (Wildman–Crippen MR) is 72.9 cm³/mol. The van der Waals surface area contributed by atoms with Crippen molar-refractivity contribution in [1.82, 2.24) is 9.55 Å². The highest BCUT2D eigenvalue weighted by Gasteiger charge is 2.23. The van der Waals surface area contributed by atoms with Gasteiger partial charge in [0.1, 0.15) is 0 Å². The Morgan fingerprint density at radius 3 is 3.00 bits per heavy atom. The highest BCUT2D eigenvalue weighted by atomic mass is 15.0. The number of aryl methyl sites for hydroxylation is 2. The number of aromatic nitrogens is 2. The number of hydrogen-bond acceptors (Lipinski definition) is 2. The molecule has 2 aromatic heterocycles. The second kappa shape index (κ2) is 4.25. The SMILES string of the molecule is Cc1ncccc1-n1c(C)cc2c1CCCC2N. The van der Waals surface area contributed by atoms with Crippen LogP contribution in [0.15, 0.2) is 24.4 Å². The number of rotatable bonds is 1. The topological polar surface area (TPSA) is 43.8 Å². The average molecular weight is 241 g/mol. The van der Waals surface area contributed by atoms with Crippen molar-refractivity contribution in [2.24, 2.45) is 5.73 Å². The van der Waals surface area contributed by atoms with E-state index in [0.717, 1.165) is 18.5 Å². The lowest BCUT2D eigenvalue weighted by atomic mass is 9.93. The standard InChI is InChI=1S/C15H19N3/c1-10-9-12-13(16)5-3-6-15(12)18(10)14-7-4-8-17-11(14)2/h4,7-9,13H,3,5-6,16H2,1-2H3. The fourth-order valence-corrected chi connectivity index (χ4v) is 2.98. The van der Waals surface area contributed by atoms with Crippen LogP contribution in [0, 0.1) is 13.8 Å². The van der Waals surface area contributed by atoms with E-state index in [-0.39, 0.29) is 6.04 Å². The lowest BCUT2D eigenvalue weighted by Gasteiger charge is -2.21. The van der Waals surface area contributed by atoms with Gasteiger partial charge in [-0.05, 0) is 56.9 Å². The van der Waals surface area contributed by atoms with E-state index in [4.69, 9.17) is 5.73 Å². The van der Waals surface area contributed by atoms with Crippen LogP contribution >= 0.6 is 0 Å². The zero-order chi connectivity index (χ0) is 12.7. The molecule has 0 saturated carbocycles. The van der Waals surface area contributed by atoms with Crippen LogP contribution in [0.5, 0.6) is 0 Å². The first kappa shape index (κ1) is 11.5. The smallest absolute Gasteiger partial charge is 0.0668 e. The number of nitrogens with two attached hydrogens (primary N) is 1. The van der Waals surface area contributed by atoms with Crippen molar-refractivity contribution < 1.29 is 0 Å². The van der Waals surface area contributed by atoms with Crippen LogP contribution in [0.1, 0.15) is 41.5 Å². The van der Waals surface area contributed by atoms with Gasteiger partial charge in [0, 0.05) is 23.6 Å². The summed E-state index contributed by atoms with van der Waals surface area (Å²) >= 11 is 0. The number of hydrogen-bond donors (Lipinski definition) is 1. The molecule has 2 aromatic rings. The van der Waals surface area contributed by atoms with Gasteiger partial charge in [-0.25, -0.2) is 0 Å². The summed E-state index contributed by atoms with van der Waals surface area (Å²) in [5.41, 5.74) is 12.4. The van der Waals surface area contributed by atoms with Crippen molar-refractivity contribution >= 4 is 0 Å². The van der Waals surface area contributed by atoms with Crippen LogP contribution in [0.4, 0.5) is 0 Å². The molecule has 1 aliphatic rings. The van der Waals surface area contributed by atoms with Gasteiger partial charge in [0.25, 0.3) is 0 Å². The minimum atomic E-state index is 0.200. The summed E-state index contributed by atoms with van der Waals surface area (Å²) < 4.78 is 2.33. The van der Waals surface area contributed by atoms with Crippen molar-refractivity contribution in [2.75, 3.05) is 0 Å². The van der Waals surface area contributed by atoms with E-state index in [1.165, 1.54) is 29.1 Å². The summed E-state index contributed by atoms with van der Waals surface area (Å²) in [4.78, 5) is 4.39. The van der Waals surface area contributed by atoms with Crippen molar-refractivity contribution in [3.05, 3.63) is 47.0 Å². The van der Waals surface area contributed by atoms with Crippen molar-refractivity contribution in [3.8, 4) is 5.69 Å². The molecule has 0 bridgehead atoms. The first-order valence-corrected chi connectivity index (χ1v) is 6.57. The van der Waals surface area contributed by atoms with Gasteiger partial charge in [-0.1, -0.05) is 0 Å². The second-order valence-electron chi connectivity index (χ2n) is 5.13. The van der Waals surface area contributed by atoms with E-state index < -0.39 is 0 Å². The molecule has 2 heterocycles. The van der Waals surface area contributed by atoms with Gasteiger partial charge < -0.3 is 10.3 Å². The molecule has 0 spiro atoms. The van der Waals surface area contributed by atoms with Gasteiger partial charge in [-0.2, -0.15) is 0 Å². The first-order chi connectivity index (χ1) is 8.68. The van der Waals surface area contributed by atoms with E-state index in [0.29, 0.717) is 0 Å². The summed E-state index contributed by atoms with van der Waals surface area (Å²) in [6.45, 7) is 4.21. The molecule has 0 aromatic carbocycles. The van der Waals surface area contributed by atoms with E-state index in [9.17, 15) is 0 Å². The molecule has 3 rings (SSSR count). The highest BCUT2D eigenvalue weighted by Crippen LogP contribution is 2.33. The van der Waals surface area contributed by atoms with Crippen LogP contribution in [0.2, 0.25) is 0 Å². The molecular formula is C15H19N3. The van der Waals surface area contributed by atoms with E-state index in [1.807, 2.05) is 12.3 Å². The first-order valence-electron chi connectivity index (χ1n) is 6.57. The third kappa shape index (κ3) is 1.66. The van der Waals surface area contributed by atoms with Crippen molar-refractivity contribution in [1.29, 1.82) is 0 Å². The molecule has 1 atom stereocenters. The Morgan fingerprint density at radius 2 is 2.22 bits per heavy atom. The molecule has 0 amide bonds. The molecule has 1 aliphatic carbocycles. The van der Waals surface area contributed by atoms with E-state index in [2.05, 4.69) is 35.5 Å². The highest BCUT2D eigenvalue weighted by molar-refractivity contribution is 5.45. The summed E-state index contributed by atoms with van der Waals surface area (Å²) in [7, 11) is 0. The van der Waals surface area contributed by atoms with Gasteiger partial charge in [-0.15, -0.1) is 0 Å². The molecule has 3 nitrogen and oxygen atoms in total. The Kier molecular flexibility index (Phi) is 2.71. The Hall–Kier alpha value is -1.61. The van der Waals surface area contributed by atoms with E-state index >= 15 is 0 Å². The molecule has 0 saturated heterocycles. The Morgan fingerprint density at radius 1 is 1.39 bits per heavy atom. The fraction of sp³-hybridized carbons (Fsp3) is 0.400. The maximum absolute atomic E-state index is 6.22. The van der Waals surface area contributed by atoms with Crippen LogP contribution in [0.25, 0.3) is 5.69 Å². The fourth-order valence-electron chi connectivity index (χ4n) is 2.98. The predicted octanol–water partition coefficient (Wildman–Crippen LogP) is 2.83. The second-order valence-corrected chi connectivity index (χ2v) is 5.13. The minimum absolute atomic E-state index is 0.200.